The second kappa shape index (κ2) is 5.98. The van der Waals surface area contributed by atoms with Crippen LogP contribution in [-0.2, 0) is 6.42 Å². The highest BCUT2D eigenvalue weighted by atomic mass is 35.5. The maximum atomic E-state index is 10.8. The number of hydrogen-bond donors (Lipinski definition) is 1. The number of aryl methyl sites for hydroxylation is 2. The van der Waals surface area contributed by atoms with Gasteiger partial charge < -0.3 is 5.73 Å². The van der Waals surface area contributed by atoms with Crippen molar-refractivity contribution in [3.8, 4) is 5.69 Å². The number of nitrogens with zero attached hydrogens (tertiary/aromatic N) is 4. The summed E-state index contributed by atoms with van der Waals surface area (Å²) in [6.07, 6.45) is 3.36. The van der Waals surface area contributed by atoms with Gasteiger partial charge in [0.15, 0.2) is 0 Å². The van der Waals surface area contributed by atoms with Gasteiger partial charge in [-0.05, 0) is 37.9 Å². The van der Waals surface area contributed by atoms with Gasteiger partial charge in [0.25, 0.3) is 5.69 Å². The Hall–Kier alpha value is -1.99. The van der Waals surface area contributed by atoms with Crippen molar-refractivity contribution in [1.82, 2.24) is 15.0 Å². The fourth-order valence-electron chi connectivity index (χ4n) is 1.86. The summed E-state index contributed by atoms with van der Waals surface area (Å²) >= 11 is 5.92. The summed E-state index contributed by atoms with van der Waals surface area (Å²) in [7, 11) is 0. The van der Waals surface area contributed by atoms with Crippen LogP contribution in [0.4, 0.5) is 5.69 Å². The average molecular weight is 296 g/mol. The maximum Gasteiger partial charge on any atom is 0.288 e. The van der Waals surface area contributed by atoms with Gasteiger partial charge in [0.05, 0.1) is 22.5 Å². The van der Waals surface area contributed by atoms with E-state index >= 15 is 0 Å². The number of hydrogen-bond acceptors (Lipinski definition) is 5. The molecule has 2 aromatic rings. The van der Waals surface area contributed by atoms with Gasteiger partial charge in [-0.15, -0.1) is 5.10 Å². The minimum absolute atomic E-state index is 0.0783. The van der Waals surface area contributed by atoms with Crippen molar-refractivity contribution in [1.29, 1.82) is 0 Å². The standard InChI is InChI=1S/C12H14ClN5O2/c1-8-5-12(18(19)20)10(13)6-11(8)17-7-9(15-16-17)3-2-4-14/h5-7H,2-4,14H2,1H3. The normalized spacial score (nSPS) is 10.8. The van der Waals surface area contributed by atoms with E-state index < -0.39 is 4.92 Å². The first-order valence-electron chi connectivity index (χ1n) is 6.09. The van der Waals surface area contributed by atoms with Gasteiger partial charge in [-0.3, -0.25) is 10.1 Å². The van der Waals surface area contributed by atoms with E-state index in [0.29, 0.717) is 17.8 Å². The topological polar surface area (TPSA) is 99.9 Å². The molecule has 0 amide bonds. The zero-order chi connectivity index (χ0) is 14.7. The van der Waals surface area contributed by atoms with E-state index in [0.717, 1.165) is 18.5 Å². The van der Waals surface area contributed by atoms with Crippen molar-refractivity contribution in [2.45, 2.75) is 19.8 Å². The van der Waals surface area contributed by atoms with Crippen LogP contribution in [0.2, 0.25) is 5.02 Å². The Morgan fingerprint density at radius 2 is 2.25 bits per heavy atom. The molecule has 0 saturated heterocycles. The lowest BCUT2D eigenvalue weighted by Gasteiger charge is -2.06. The molecule has 0 spiro atoms. The molecule has 0 atom stereocenters. The van der Waals surface area contributed by atoms with E-state index in [1.54, 1.807) is 17.8 Å². The van der Waals surface area contributed by atoms with Crippen LogP contribution in [0.25, 0.3) is 5.69 Å². The lowest BCUT2D eigenvalue weighted by molar-refractivity contribution is -0.384. The summed E-state index contributed by atoms with van der Waals surface area (Å²) in [4.78, 5) is 10.3. The van der Waals surface area contributed by atoms with Crippen molar-refractivity contribution in [3.63, 3.8) is 0 Å². The highest BCUT2D eigenvalue weighted by Gasteiger charge is 2.16. The van der Waals surface area contributed by atoms with Crippen LogP contribution in [0.5, 0.6) is 0 Å². The van der Waals surface area contributed by atoms with Crippen LogP contribution in [0.3, 0.4) is 0 Å². The average Bonchev–Trinajstić information content (AvgIpc) is 2.86. The Morgan fingerprint density at radius 1 is 1.50 bits per heavy atom. The number of aromatic nitrogens is 3. The number of nitro benzene ring substituents is 1. The van der Waals surface area contributed by atoms with Crippen LogP contribution < -0.4 is 5.73 Å². The van der Waals surface area contributed by atoms with E-state index in [1.807, 2.05) is 0 Å². The molecule has 2 N–H and O–H groups in total. The molecule has 1 aromatic heterocycles. The number of halogens is 1. The first-order valence-corrected chi connectivity index (χ1v) is 6.47. The third-order valence-corrected chi connectivity index (χ3v) is 3.19. The van der Waals surface area contributed by atoms with Gasteiger partial charge in [0.2, 0.25) is 0 Å². The van der Waals surface area contributed by atoms with Gasteiger partial charge in [-0.25, -0.2) is 4.68 Å². The second-order valence-electron chi connectivity index (χ2n) is 4.39. The third kappa shape index (κ3) is 2.94. The molecule has 0 fully saturated rings. The van der Waals surface area contributed by atoms with Gasteiger partial charge in [-0.2, -0.15) is 0 Å². The predicted octanol–water partition coefficient (Wildman–Crippen LogP) is 2.03. The van der Waals surface area contributed by atoms with E-state index in [1.165, 1.54) is 12.1 Å². The third-order valence-electron chi connectivity index (χ3n) is 2.89. The maximum absolute atomic E-state index is 10.8. The molecule has 7 nitrogen and oxygen atoms in total. The summed E-state index contributed by atoms with van der Waals surface area (Å²) in [6, 6.07) is 2.95. The molecular weight excluding hydrogens is 282 g/mol. The molecule has 20 heavy (non-hydrogen) atoms. The molecular formula is C12H14ClN5O2. The molecule has 0 saturated carbocycles. The lowest BCUT2D eigenvalue weighted by atomic mass is 10.2. The number of rotatable bonds is 5. The zero-order valence-electron chi connectivity index (χ0n) is 10.9. The summed E-state index contributed by atoms with van der Waals surface area (Å²) in [5.74, 6) is 0. The number of nitro groups is 1. The minimum Gasteiger partial charge on any atom is -0.330 e. The Balaban J connectivity index is 2.35. The van der Waals surface area contributed by atoms with Crippen LogP contribution in [0.1, 0.15) is 17.7 Å². The monoisotopic (exact) mass is 295 g/mol. The van der Waals surface area contributed by atoms with Crippen LogP contribution in [0.15, 0.2) is 18.3 Å². The van der Waals surface area contributed by atoms with Gasteiger partial charge in [-0.1, -0.05) is 16.8 Å². The minimum atomic E-state index is -0.507. The Labute approximate surface area is 120 Å². The Morgan fingerprint density at radius 3 is 2.90 bits per heavy atom. The molecule has 0 bridgehead atoms. The second-order valence-corrected chi connectivity index (χ2v) is 4.80. The molecule has 0 radical (unpaired) electrons. The molecule has 2 rings (SSSR count). The summed E-state index contributed by atoms with van der Waals surface area (Å²) in [5.41, 5.74) is 7.53. The Kier molecular flexibility index (Phi) is 4.31. The highest BCUT2D eigenvalue weighted by Crippen LogP contribution is 2.29. The molecule has 0 aliphatic rings. The van der Waals surface area contributed by atoms with Gasteiger partial charge >= 0.3 is 0 Å². The van der Waals surface area contributed by atoms with Crippen LogP contribution in [-0.4, -0.2) is 26.5 Å². The zero-order valence-corrected chi connectivity index (χ0v) is 11.7. The van der Waals surface area contributed by atoms with Crippen LogP contribution >= 0.6 is 11.6 Å². The van der Waals surface area contributed by atoms with Crippen LogP contribution in [0, 0.1) is 17.0 Å². The molecule has 1 heterocycles. The van der Waals surface area contributed by atoms with Crippen molar-refractivity contribution in [3.05, 3.63) is 44.7 Å². The molecule has 0 aliphatic heterocycles. The Bertz CT molecular complexity index is 641. The van der Waals surface area contributed by atoms with E-state index in [-0.39, 0.29) is 10.7 Å². The lowest BCUT2D eigenvalue weighted by Crippen LogP contribution is -2.00. The SMILES string of the molecule is Cc1cc([N+](=O)[O-])c(Cl)cc1-n1cc(CCCN)nn1. The fraction of sp³-hybridized carbons (Fsp3) is 0.333. The summed E-state index contributed by atoms with van der Waals surface area (Å²) in [5, 5.41) is 18.9. The summed E-state index contributed by atoms with van der Waals surface area (Å²) < 4.78 is 1.57. The number of benzene rings is 1. The molecule has 8 heteroatoms. The van der Waals surface area contributed by atoms with Crippen molar-refractivity contribution >= 4 is 17.3 Å². The van der Waals surface area contributed by atoms with E-state index in [2.05, 4.69) is 10.3 Å². The van der Waals surface area contributed by atoms with E-state index in [4.69, 9.17) is 17.3 Å². The summed E-state index contributed by atoms with van der Waals surface area (Å²) in [6.45, 7) is 2.36. The fourth-order valence-corrected chi connectivity index (χ4v) is 2.08. The predicted molar refractivity (Wildman–Crippen MR) is 75.1 cm³/mol. The molecule has 0 unspecified atom stereocenters. The quantitative estimate of drug-likeness (QED) is 0.672. The first kappa shape index (κ1) is 14.4. The van der Waals surface area contributed by atoms with Gasteiger partial charge in [0, 0.05) is 6.07 Å². The highest BCUT2D eigenvalue weighted by molar-refractivity contribution is 6.32. The molecule has 106 valence electrons. The van der Waals surface area contributed by atoms with E-state index in [9.17, 15) is 10.1 Å². The molecule has 1 aromatic carbocycles. The van der Waals surface area contributed by atoms with Crippen molar-refractivity contribution in [2.24, 2.45) is 5.73 Å². The largest absolute Gasteiger partial charge is 0.330 e. The smallest absolute Gasteiger partial charge is 0.288 e. The van der Waals surface area contributed by atoms with Gasteiger partial charge in [0.1, 0.15) is 5.02 Å². The molecule has 0 aliphatic carbocycles. The van der Waals surface area contributed by atoms with Crippen molar-refractivity contribution < 1.29 is 4.92 Å². The van der Waals surface area contributed by atoms with Crippen molar-refractivity contribution in [2.75, 3.05) is 6.54 Å². The number of nitrogens with two attached hydrogens (primary N) is 1. The first-order chi connectivity index (χ1) is 9.52.